The zero-order chi connectivity index (χ0) is 26.7. The quantitative estimate of drug-likeness (QED) is 0.273. The van der Waals surface area contributed by atoms with Crippen molar-refractivity contribution in [3.05, 3.63) is 100 Å². The van der Waals surface area contributed by atoms with Crippen molar-refractivity contribution in [3.8, 4) is 11.3 Å². The highest BCUT2D eigenvalue weighted by Gasteiger charge is 2.27. The van der Waals surface area contributed by atoms with Gasteiger partial charge < -0.3 is 0 Å². The van der Waals surface area contributed by atoms with E-state index in [0.717, 1.165) is 29.7 Å². The molecule has 4 aromatic rings. The van der Waals surface area contributed by atoms with Gasteiger partial charge in [-0.15, -0.1) is 11.3 Å². The Labute approximate surface area is 228 Å². The Hall–Kier alpha value is -3.33. The molecular weight excluding hydrogens is 514 g/mol. The highest BCUT2D eigenvalue weighted by molar-refractivity contribution is 7.89. The van der Waals surface area contributed by atoms with Gasteiger partial charge in [0.05, 0.1) is 10.6 Å². The summed E-state index contributed by atoms with van der Waals surface area (Å²) in [4.78, 5) is 17.7. The van der Waals surface area contributed by atoms with Crippen LogP contribution in [0.5, 0.6) is 0 Å². The van der Waals surface area contributed by atoms with Crippen molar-refractivity contribution in [1.82, 2.24) is 9.29 Å². The van der Waals surface area contributed by atoms with Crippen LogP contribution >= 0.6 is 11.3 Å². The summed E-state index contributed by atoms with van der Waals surface area (Å²) in [7, 11) is -3.74. The topological polar surface area (TPSA) is 79.4 Å². The summed E-state index contributed by atoms with van der Waals surface area (Å²) in [6.07, 6.45) is 4.70. The number of nitrogens with one attached hydrogen (secondary N) is 1. The first-order valence-corrected chi connectivity index (χ1v) is 15.2. The molecule has 1 heterocycles. The Morgan fingerprint density at radius 1 is 0.974 bits per heavy atom. The monoisotopic (exact) mass is 545 g/mol. The van der Waals surface area contributed by atoms with E-state index in [1.807, 2.05) is 49.6 Å². The number of carbonyl (C=O) groups is 1. The summed E-state index contributed by atoms with van der Waals surface area (Å²) < 4.78 is 28.3. The number of thiazole rings is 1. The predicted octanol–water partition coefficient (Wildman–Crippen LogP) is 6.54. The number of hydrogen-bond acceptors (Lipinski definition) is 5. The summed E-state index contributed by atoms with van der Waals surface area (Å²) >= 11 is 1.37. The van der Waals surface area contributed by atoms with Crippen molar-refractivity contribution >= 4 is 32.4 Å². The van der Waals surface area contributed by atoms with Gasteiger partial charge >= 0.3 is 0 Å². The number of anilines is 1. The molecule has 6 nitrogen and oxygen atoms in total. The number of benzene rings is 3. The minimum atomic E-state index is -3.74. The molecule has 5 rings (SSSR count). The van der Waals surface area contributed by atoms with E-state index < -0.39 is 10.0 Å². The summed E-state index contributed by atoms with van der Waals surface area (Å²) in [6, 6.07) is 21.9. The first kappa shape index (κ1) is 26.3. The zero-order valence-corrected chi connectivity index (χ0v) is 23.2. The average Bonchev–Trinajstić information content (AvgIpc) is 3.40. The number of aromatic nitrogens is 1. The first-order chi connectivity index (χ1) is 18.3. The van der Waals surface area contributed by atoms with Crippen molar-refractivity contribution in [1.29, 1.82) is 0 Å². The molecule has 0 aliphatic heterocycles. The zero-order valence-electron chi connectivity index (χ0n) is 21.6. The van der Waals surface area contributed by atoms with Gasteiger partial charge in [-0.1, -0.05) is 42.5 Å². The Morgan fingerprint density at radius 3 is 2.39 bits per heavy atom. The maximum Gasteiger partial charge on any atom is 0.257 e. The smallest absolute Gasteiger partial charge is 0.257 e. The highest BCUT2D eigenvalue weighted by Crippen LogP contribution is 2.30. The molecule has 0 unspecified atom stereocenters. The molecule has 1 aromatic heterocycles. The number of hydrogen-bond donors (Lipinski definition) is 1. The molecule has 38 heavy (non-hydrogen) atoms. The number of rotatable bonds is 8. The SMILES string of the molecule is CC(C)N(Cc1ccccc1)S(=O)(=O)c1ccc(C(=O)Nc2nc(-c3ccc4c(c3)CCCC4)cs2)cc1. The Kier molecular flexibility index (Phi) is 7.74. The molecular formula is C30H31N3O3S2. The maximum absolute atomic E-state index is 13.4. The van der Waals surface area contributed by atoms with E-state index in [0.29, 0.717) is 10.7 Å². The lowest BCUT2D eigenvalue weighted by Crippen LogP contribution is -2.36. The number of sulfonamides is 1. The number of carbonyl (C=O) groups excluding carboxylic acids is 1. The van der Waals surface area contributed by atoms with Crippen LogP contribution in [0.1, 0.15) is 53.7 Å². The lowest BCUT2D eigenvalue weighted by molar-refractivity contribution is 0.102. The van der Waals surface area contributed by atoms with Crippen LogP contribution in [0.4, 0.5) is 5.13 Å². The second-order valence-electron chi connectivity index (χ2n) is 9.84. The Morgan fingerprint density at radius 2 is 1.68 bits per heavy atom. The number of aryl methyl sites for hydroxylation is 2. The molecule has 1 aliphatic rings. The first-order valence-electron chi connectivity index (χ1n) is 12.9. The highest BCUT2D eigenvalue weighted by atomic mass is 32.2. The van der Waals surface area contributed by atoms with Gasteiger partial charge in [-0.2, -0.15) is 4.31 Å². The molecule has 1 amide bonds. The van der Waals surface area contributed by atoms with Gasteiger partial charge in [-0.05, 0) is 86.6 Å². The van der Waals surface area contributed by atoms with Crippen molar-refractivity contribution in [2.45, 2.75) is 57.0 Å². The van der Waals surface area contributed by atoms with E-state index in [1.165, 1.54) is 51.7 Å². The van der Waals surface area contributed by atoms with E-state index >= 15 is 0 Å². The third-order valence-electron chi connectivity index (χ3n) is 6.85. The average molecular weight is 546 g/mol. The molecule has 1 N–H and O–H groups in total. The minimum absolute atomic E-state index is 0.155. The third-order valence-corrected chi connectivity index (χ3v) is 9.64. The summed E-state index contributed by atoms with van der Waals surface area (Å²) in [5, 5.41) is 5.31. The second kappa shape index (κ2) is 11.2. The van der Waals surface area contributed by atoms with E-state index in [1.54, 1.807) is 12.1 Å². The summed E-state index contributed by atoms with van der Waals surface area (Å²) in [6.45, 7) is 3.99. The van der Waals surface area contributed by atoms with Crippen molar-refractivity contribution in [2.75, 3.05) is 5.32 Å². The van der Waals surface area contributed by atoms with E-state index in [9.17, 15) is 13.2 Å². The lowest BCUT2D eigenvalue weighted by atomic mass is 9.90. The predicted molar refractivity (Wildman–Crippen MR) is 153 cm³/mol. The molecule has 0 saturated heterocycles. The fourth-order valence-corrected chi connectivity index (χ4v) is 7.09. The molecule has 0 saturated carbocycles. The van der Waals surface area contributed by atoms with Crippen LogP contribution in [0.2, 0.25) is 0 Å². The van der Waals surface area contributed by atoms with Gasteiger partial charge in [0.25, 0.3) is 5.91 Å². The maximum atomic E-state index is 13.4. The van der Waals surface area contributed by atoms with Crippen LogP contribution in [-0.2, 0) is 29.4 Å². The standard InChI is InChI=1S/C30H31N3O3S2/c1-21(2)33(19-22-8-4-3-5-9-22)38(35,36)27-16-14-24(15-17-27)29(34)32-30-31-28(20-37-30)26-13-12-23-10-6-7-11-25(23)18-26/h3-5,8-9,12-18,20-21H,6-7,10-11,19H2,1-2H3,(H,31,32,34). The van der Waals surface area contributed by atoms with Crippen LogP contribution in [0.3, 0.4) is 0 Å². The lowest BCUT2D eigenvalue weighted by Gasteiger charge is -2.26. The Bertz CT molecular complexity index is 1530. The van der Waals surface area contributed by atoms with Crippen molar-refractivity contribution < 1.29 is 13.2 Å². The van der Waals surface area contributed by atoms with Gasteiger partial charge in [0.1, 0.15) is 0 Å². The third kappa shape index (κ3) is 5.72. The molecule has 0 atom stereocenters. The molecule has 0 spiro atoms. The van der Waals surface area contributed by atoms with Gasteiger partial charge in [0, 0.05) is 29.1 Å². The molecule has 0 bridgehead atoms. The molecule has 8 heteroatoms. The van der Waals surface area contributed by atoms with Crippen LogP contribution in [0.15, 0.2) is 83.1 Å². The van der Waals surface area contributed by atoms with E-state index in [-0.39, 0.29) is 23.4 Å². The van der Waals surface area contributed by atoms with Gasteiger partial charge in [-0.3, -0.25) is 10.1 Å². The minimum Gasteiger partial charge on any atom is -0.298 e. The number of nitrogens with zero attached hydrogens (tertiary/aromatic N) is 2. The number of fused-ring (bicyclic) bond motifs is 1. The normalized spacial score (nSPS) is 13.5. The van der Waals surface area contributed by atoms with Crippen LogP contribution in [0, 0.1) is 0 Å². The van der Waals surface area contributed by atoms with E-state index in [4.69, 9.17) is 0 Å². The molecule has 1 aliphatic carbocycles. The molecule has 0 fully saturated rings. The second-order valence-corrected chi connectivity index (χ2v) is 12.6. The summed E-state index contributed by atoms with van der Waals surface area (Å²) in [5.41, 5.74) is 6.00. The van der Waals surface area contributed by atoms with E-state index in [2.05, 4.69) is 28.5 Å². The van der Waals surface area contributed by atoms with Gasteiger partial charge in [0.2, 0.25) is 10.0 Å². The largest absolute Gasteiger partial charge is 0.298 e. The van der Waals surface area contributed by atoms with Crippen LogP contribution in [-0.4, -0.2) is 29.7 Å². The van der Waals surface area contributed by atoms with Crippen molar-refractivity contribution in [3.63, 3.8) is 0 Å². The van der Waals surface area contributed by atoms with Crippen molar-refractivity contribution in [2.24, 2.45) is 0 Å². The number of amides is 1. The fourth-order valence-electron chi connectivity index (χ4n) is 4.75. The molecule has 196 valence electrons. The fraction of sp³-hybridized carbons (Fsp3) is 0.267. The van der Waals surface area contributed by atoms with Gasteiger partial charge in [0.15, 0.2) is 5.13 Å². The molecule has 0 radical (unpaired) electrons. The van der Waals surface area contributed by atoms with Crippen LogP contribution in [0.25, 0.3) is 11.3 Å². The van der Waals surface area contributed by atoms with Crippen LogP contribution < -0.4 is 5.32 Å². The van der Waals surface area contributed by atoms with Gasteiger partial charge in [-0.25, -0.2) is 13.4 Å². The Balaban J connectivity index is 1.28. The molecule has 3 aromatic carbocycles. The summed E-state index contributed by atoms with van der Waals surface area (Å²) in [5.74, 6) is -0.328.